The molecule has 1 aromatic rings. The number of amides is 1. The second-order valence-corrected chi connectivity index (χ2v) is 8.02. The predicted octanol–water partition coefficient (Wildman–Crippen LogP) is 3.89. The van der Waals surface area contributed by atoms with E-state index in [1.165, 1.54) is 31.0 Å². The van der Waals surface area contributed by atoms with Gasteiger partial charge in [0.25, 0.3) is 0 Å². The van der Waals surface area contributed by atoms with Gasteiger partial charge in [0.1, 0.15) is 0 Å². The summed E-state index contributed by atoms with van der Waals surface area (Å²) in [7, 11) is 0. The van der Waals surface area contributed by atoms with E-state index in [2.05, 4.69) is 32.2 Å². The quantitative estimate of drug-likeness (QED) is 0.811. The predicted molar refractivity (Wildman–Crippen MR) is 90.6 cm³/mol. The molecule has 3 nitrogen and oxygen atoms in total. The molecule has 1 fully saturated rings. The third kappa shape index (κ3) is 4.95. The summed E-state index contributed by atoms with van der Waals surface area (Å²) in [5, 5.41) is 3.69. The lowest BCUT2D eigenvalue weighted by Crippen LogP contribution is -2.35. The van der Waals surface area contributed by atoms with Gasteiger partial charge in [-0.1, -0.05) is 32.9 Å². The molecule has 0 radical (unpaired) electrons. The number of carbonyl (C=O) groups is 1. The van der Waals surface area contributed by atoms with Crippen LogP contribution < -0.4 is 11.1 Å². The Morgan fingerprint density at radius 1 is 1.38 bits per heavy atom. The van der Waals surface area contributed by atoms with Crippen LogP contribution in [0.25, 0.3) is 0 Å². The Labute approximate surface area is 132 Å². The summed E-state index contributed by atoms with van der Waals surface area (Å²) in [5.74, 6) is 0.796. The first-order chi connectivity index (χ1) is 9.85. The minimum atomic E-state index is -0.276. The molecule has 4 heteroatoms. The second-order valence-electron chi connectivity index (χ2n) is 7.01. The Hall–Kier alpha value is -1.16. The normalized spacial score (nSPS) is 24.5. The zero-order valence-corrected chi connectivity index (χ0v) is 14.0. The van der Waals surface area contributed by atoms with Gasteiger partial charge in [-0.2, -0.15) is 0 Å². The number of nitrogens with one attached hydrogen (secondary N) is 1. The Kier molecular flexibility index (Phi) is 5.20. The third-order valence-electron chi connectivity index (χ3n) is 4.00. The monoisotopic (exact) mass is 306 g/mol. The first-order valence-electron chi connectivity index (χ1n) is 7.62. The number of nitrogens with two attached hydrogens (primary N) is 1. The van der Waals surface area contributed by atoms with Crippen LogP contribution in [-0.2, 0) is 4.79 Å². The van der Waals surface area contributed by atoms with Gasteiger partial charge in [-0.15, -0.1) is 11.8 Å². The molecule has 0 heterocycles. The molecule has 1 aliphatic carbocycles. The Morgan fingerprint density at radius 3 is 2.76 bits per heavy atom. The number of primary amides is 1. The molecule has 0 spiro atoms. The lowest BCUT2D eigenvalue weighted by Gasteiger charge is -2.39. The lowest BCUT2D eigenvalue weighted by molar-refractivity contribution is -0.115. The topological polar surface area (TPSA) is 55.1 Å². The van der Waals surface area contributed by atoms with Crippen LogP contribution in [0.4, 0.5) is 5.69 Å². The number of rotatable bonds is 5. The van der Waals surface area contributed by atoms with Gasteiger partial charge in [0, 0.05) is 16.6 Å². The van der Waals surface area contributed by atoms with Crippen LogP contribution in [0.15, 0.2) is 29.2 Å². The molecule has 2 unspecified atom stereocenters. The van der Waals surface area contributed by atoms with E-state index < -0.39 is 0 Å². The lowest BCUT2D eigenvalue weighted by atomic mass is 9.70. The molecule has 2 rings (SSSR count). The molecule has 1 aliphatic rings. The van der Waals surface area contributed by atoms with Crippen LogP contribution in [0.2, 0.25) is 0 Å². The van der Waals surface area contributed by atoms with E-state index in [1.54, 1.807) is 0 Å². The summed E-state index contributed by atoms with van der Waals surface area (Å²) in [6.45, 7) is 7.04. The summed E-state index contributed by atoms with van der Waals surface area (Å²) in [6.07, 6.45) is 3.69. The summed E-state index contributed by atoms with van der Waals surface area (Å²) in [4.78, 5) is 12.1. The van der Waals surface area contributed by atoms with Crippen molar-refractivity contribution in [1.29, 1.82) is 0 Å². The fourth-order valence-corrected chi connectivity index (χ4v) is 4.29. The number of thioether (sulfide) groups is 1. The Morgan fingerprint density at radius 2 is 2.10 bits per heavy atom. The highest BCUT2D eigenvalue weighted by Crippen LogP contribution is 2.40. The standard InChI is InChI=1S/C17H26N2OS/c1-12-8-13(10-17(2,3)9-12)19-14-6-4-5-7-15(14)21-11-16(18)20/h4-7,12-13,19H,8-11H2,1-3H3,(H2,18,20). The molecular weight excluding hydrogens is 280 g/mol. The fourth-order valence-electron chi connectivity index (χ4n) is 3.54. The van der Waals surface area contributed by atoms with Crippen LogP contribution >= 0.6 is 11.8 Å². The van der Waals surface area contributed by atoms with Crippen LogP contribution in [0.3, 0.4) is 0 Å². The van der Waals surface area contributed by atoms with Crippen molar-refractivity contribution in [3.05, 3.63) is 24.3 Å². The maximum absolute atomic E-state index is 11.0. The summed E-state index contributed by atoms with van der Waals surface area (Å²) >= 11 is 1.51. The molecule has 0 saturated heterocycles. The Balaban J connectivity index is 2.06. The fraction of sp³-hybridized carbons (Fsp3) is 0.588. The van der Waals surface area contributed by atoms with Gasteiger partial charge in [0.05, 0.1) is 5.75 Å². The van der Waals surface area contributed by atoms with E-state index in [0.29, 0.717) is 17.2 Å². The Bertz CT molecular complexity index is 501. The number of anilines is 1. The summed E-state index contributed by atoms with van der Waals surface area (Å²) in [5.41, 5.74) is 6.77. The smallest absolute Gasteiger partial charge is 0.227 e. The van der Waals surface area contributed by atoms with Crippen molar-refractivity contribution in [2.75, 3.05) is 11.1 Å². The SMILES string of the molecule is CC1CC(Nc2ccccc2SCC(N)=O)CC(C)(C)C1. The molecular formula is C17H26N2OS. The maximum atomic E-state index is 11.0. The first-order valence-corrected chi connectivity index (χ1v) is 8.61. The van der Waals surface area contributed by atoms with Gasteiger partial charge < -0.3 is 11.1 Å². The molecule has 1 amide bonds. The number of hydrogen-bond donors (Lipinski definition) is 2. The minimum absolute atomic E-state index is 0.276. The highest BCUT2D eigenvalue weighted by Gasteiger charge is 2.32. The van der Waals surface area contributed by atoms with Crippen LogP contribution in [-0.4, -0.2) is 17.7 Å². The minimum Gasteiger partial charge on any atom is -0.381 e. The highest BCUT2D eigenvalue weighted by atomic mass is 32.2. The van der Waals surface area contributed by atoms with E-state index in [1.807, 2.05) is 18.2 Å². The van der Waals surface area contributed by atoms with Crippen molar-refractivity contribution in [3.8, 4) is 0 Å². The average Bonchev–Trinajstić information content (AvgIpc) is 2.35. The molecule has 0 aliphatic heterocycles. The molecule has 1 saturated carbocycles. The van der Waals surface area contributed by atoms with Crippen LogP contribution in [0.1, 0.15) is 40.0 Å². The van der Waals surface area contributed by atoms with Gasteiger partial charge >= 0.3 is 0 Å². The van der Waals surface area contributed by atoms with E-state index >= 15 is 0 Å². The number of hydrogen-bond acceptors (Lipinski definition) is 3. The van der Waals surface area contributed by atoms with Crippen molar-refractivity contribution in [2.24, 2.45) is 17.1 Å². The summed E-state index contributed by atoms with van der Waals surface area (Å²) < 4.78 is 0. The van der Waals surface area contributed by atoms with Crippen molar-refractivity contribution < 1.29 is 4.79 Å². The largest absolute Gasteiger partial charge is 0.381 e. The van der Waals surface area contributed by atoms with Crippen molar-refractivity contribution >= 4 is 23.4 Å². The van der Waals surface area contributed by atoms with Crippen LogP contribution in [0, 0.1) is 11.3 Å². The number of para-hydroxylation sites is 1. The highest BCUT2D eigenvalue weighted by molar-refractivity contribution is 8.00. The zero-order chi connectivity index (χ0) is 15.5. The molecule has 3 N–H and O–H groups in total. The van der Waals surface area contributed by atoms with E-state index in [4.69, 9.17) is 5.73 Å². The molecule has 116 valence electrons. The van der Waals surface area contributed by atoms with E-state index in [0.717, 1.165) is 16.5 Å². The molecule has 21 heavy (non-hydrogen) atoms. The molecule has 2 atom stereocenters. The van der Waals surface area contributed by atoms with Gasteiger partial charge in [0.15, 0.2) is 0 Å². The van der Waals surface area contributed by atoms with Crippen LogP contribution in [0.5, 0.6) is 0 Å². The number of carbonyl (C=O) groups excluding carboxylic acids is 1. The van der Waals surface area contributed by atoms with Gasteiger partial charge in [-0.25, -0.2) is 0 Å². The third-order valence-corrected chi connectivity index (χ3v) is 5.10. The molecule has 0 bridgehead atoms. The van der Waals surface area contributed by atoms with Gasteiger partial charge in [0.2, 0.25) is 5.91 Å². The van der Waals surface area contributed by atoms with Gasteiger partial charge in [-0.05, 0) is 42.7 Å². The molecule has 1 aromatic carbocycles. The summed E-state index contributed by atoms with van der Waals surface area (Å²) in [6, 6.07) is 8.68. The van der Waals surface area contributed by atoms with Crippen molar-refractivity contribution in [3.63, 3.8) is 0 Å². The van der Waals surface area contributed by atoms with E-state index in [-0.39, 0.29) is 5.91 Å². The van der Waals surface area contributed by atoms with Gasteiger partial charge in [-0.3, -0.25) is 4.79 Å². The van der Waals surface area contributed by atoms with Crippen molar-refractivity contribution in [2.45, 2.75) is 51.0 Å². The van der Waals surface area contributed by atoms with Crippen molar-refractivity contribution in [1.82, 2.24) is 0 Å². The van der Waals surface area contributed by atoms with E-state index in [9.17, 15) is 4.79 Å². The zero-order valence-electron chi connectivity index (χ0n) is 13.2. The maximum Gasteiger partial charge on any atom is 0.227 e. The second kappa shape index (κ2) is 6.73. The molecule has 0 aromatic heterocycles. The average molecular weight is 306 g/mol. The number of benzene rings is 1. The first kappa shape index (κ1) is 16.2.